The lowest BCUT2D eigenvalue weighted by atomic mass is 9.99. The number of nitrogens with two attached hydrogens (primary N) is 1. The number of amides is 1. The smallest absolute Gasteiger partial charge is 0.239 e. The van der Waals surface area contributed by atoms with Crippen molar-refractivity contribution >= 4 is 5.91 Å². The van der Waals surface area contributed by atoms with Gasteiger partial charge in [0.2, 0.25) is 5.91 Å². The van der Waals surface area contributed by atoms with Crippen molar-refractivity contribution in [1.29, 1.82) is 0 Å². The number of nitrogens with zero attached hydrogens (tertiary/aromatic N) is 1. The van der Waals surface area contributed by atoms with Gasteiger partial charge in [-0.25, -0.2) is 4.39 Å². The van der Waals surface area contributed by atoms with E-state index in [1.54, 1.807) is 12.1 Å². The van der Waals surface area contributed by atoms with E-state index in [0.717, 1.165) is 45.6 Å². The summed E-state index contributed by atoms with van der Waals surface area (Å²) in [6.45, 7) is 3.69. The van der Waals surface area contributed by atoms with Crippen molar-refractivity contribution in [1.82, 2.24) is 10.2 Å². The molecule has 0 aromatic heterocycles. The lowest BCUT2D eigenvalue weighted by Gasteiger charge is -2.36. The van der Waals surface area contributed by atoms with Crippen LogP contribution >= 0.6 is 0 Å². The van der Waals surface area contributed by atoms with Crippen molar-refractivity contribution in [3.63, 3.8) is 0 Å². The van der Waals surface area contributed by atoms with Gasteiger partial charge < -0.3 is 10.5 Å². The van der Waals surface area contributed by atoms with Crippen molar-refractivity contribution in [3.05, 3.63) is 35.6 Å². The molecule has 2 aliphatic rings. The van der Waals surface area contributed by atoms with Gasteiger partial charge in [0.15, 0.2) is 0 Å². The van der Waals surface area contributed by atoms with Gasteiger partial charge in [-0.15, -0.1) is 0 Å². The number of primary amides is 1. The summed E-state index contributed by atoms with van der Waals surface area (Å²) in [5, 5.41) is 3.35. The minimum Gasteiger partial charge on any atom is -0.380 e. The summed E-state index contributed by atoms with van der Waals surface area (Å²) in [5.41, 5.74) is 6.24. The molecule has 0 aliphatic carbocycles. The van der Waals surface area contributed by atoms with E-state index in [0.29, 0.717) is 11.6 Å². The first-order valence-electron chi connectivity index (χ1n) is 8.26. The van der Waals surface area contributed by atoms with Crippen LogP contribution in [0, 0.1) is 5.82 Å². The molecule has 2 aliphatic heterocycles. The Morgan fingerprint density at radius 1 is 1.26 bits per heavy atom. The monoisotopic (exact) mass is 321 g/mol. The number of carbonyl (C=O) groups is 1. The van der Waals surface area contributed by atoms with Crippen LogP contribution in [0.2, 0.25) is 0 Å². The molecular weight excluding hydrogens is 297 g/mol. The normalized spacial score (nSPS) is 24.7. The Hall–Kier alpha value is -1.50. The molecule has 0 radical (unpaired) electrons. The molecule has 1 amide bonds. The minimum atomic E-state index is -0.568. The fourth-order valence-electron chi connectivity index (χ4n) is 3.47. The number of benzene rings is 1. The molecule has 1 aromatic rings. The standard InChI is InChI=1S/C17H24FN3O2/c18-13-3-1-12(2-4-13)16(17(19)22)20-14-5-8-21(9-6-14)15-7-10-23-11-15/h1-4,14-16,20H,5-11H2,(H2,19,22). The molecule has 2 fully saturated rings. The molecule has 0 saturated carbocycles. The Morgan fingerprint density at radius 3 is 2.52 bits per heavy atom. The van der Waals surface area contributed by atoms with Gasteiger partial charge in [0.1, 0.15) is 11.9 Å². The van der Waals surface area contributed by atoms with Crippen LogP contribution in [-0.2, 0) is 9.53 Å². The van der Waals surface area contributed by atoms with Crippen LogP contribution in [0.25, 0.3) is 0 Å². The summed E-state index contributed by atoms with van der Waals surface area (Å²) in [6, 6.07) is 6.16. The van der Waals surface area contributed by atoms with Crippen LogP contribution in [0.4, 0.5) is 4.39 Å². The molecule has 3 rings (SSSR count). The molecule has 2 unspecified atom stereocenters. The summed E-state index contributed by atoms with van der Waals surface area (Å²) in [6.07, 6.45) is 3.06. The highest BCUT2D eigenvalue weighted by atomic mass is 19.1. The highest BCUT2D eigenvalue weighted by molar-refractivity contribution is 5.81. The topological polar surface area (TPSA) is 67.6 Å². The number of piperidine rings is 1. The van der Waals surface area contributed by atoms with Gasteiger partial charge >= 0.3 is 0 Å². The Balaban J connectivity index is 1.56. The van der Waals surface area contributed by atoms with Crippen molar-refractivity contribution in [3.8, 4) is 0 Å². The van der Waals surface area contributed by atoms with Crippen LogP contribution in [0.15, 0.2) is 24.3 Å². The highest BCUT2D eigenvalue weighted by Gasteiger charge is 2.29. The molecule has 23 heavy (non-hydrogen) atoms. The van der Waals surface area contributed by atoms with Crippen LogP contribution in [-0.4, -0.2) is 49.2 Å². The van der Waals surface area contributed by atoms with Crippen molar-refractivity contribution in [2.24, 2.45) is 5.73 Å². The molecule has 2 heterocycles. The van der Waals surface area contributed by atoms with E-state index in [-0.39, 0.29) is 11.9 Å². The van der Waals surface area contributed by atoms with E-state index >= 15 is 0 Å². The third-order valence-electron chi connectivity index (χ3n) is 4.84. The molecule has 6 heteroatoms. The number of ether oxygens (including phenoxy) is 1. The van der Waals surface area contributed by atoms with Gasteiger partial charge in [0.05, 0.1) is 6.61 Å². The minimum absolute atomic E-state index is 0.246. The second-order valence-electron chi connectivity index (χ2n) is 6.38. The van der Waals surface area contributed by atoms with Gasteiger partial charge in [-0.3, -0.25) is 15.0 Å². The van der Waals surface area contributed by atoms with E-state index in [4.69, 9.17) is 10.5 Å². The second-order valence-corrected chi connectivity index (χ2v) is 6.38. The second kappa shape index (κ2) is 7.38. The summed E-state index contributed by atoms with van der Waals surface area (Å²) in [5.74, 6) is -0.743. The fourth-order valence-corrected chi connectivity index (χ4v) is 3.47. The SMILES string of the molecule is NC(=O)C(NC1CCN(C2CCOC2)CC1)c1ccc(F)cc1. The first-order valence-corrected chi connectivity index (χ1v) is 8.26. The zero-order valence-corrected chi connectivity index (χ0v) is 13.2. The zero-order chi connectivity index (χ0) is 16.2. The number of hydrogen-bond donors (Lipinski definition) is 2. The molecule has 0 spiro atoms. The molecule has 2 saturated heterocycles. The number of rotatable bonds is 5. The first-order chi connectivity index (χ1) is 11.1. The van der Waals surface area contributed by atoms with Gasteiger partial charge in [-0.05, 0) is 37.0 Å². The lowest BCUT2D eigenvalue weighted by Crippen LogP contribution is -2.49. The van der Waals surface area contributed by atoms with E-state index in [1.807, 2.05) is 0 Å². The van der Waals surface area contributed by atoms with Gasteiger partial charge in [0.25, 0.3) is 0 Å². The maximum Gasteiger partial charge on any atom is 0.239 e. The molecule has 1 aromatic carbocycles. The van der Waals surface area contributed by atoms with Crippen molar-refractivity contribution in [2.45, 2.75) is 37.4 Å². The molecule has 5 nitrogen and oxygen atoms in total. The Kier molecular flexibility index (Phi) is 5.25. The van der Waals surface area contributed by atoms with Gasteiger partial charge in [-0.1, -0.05) is 12.1 Å². The van der Waals surface area contributed by atoms with E-state index in [1.165, 1.54) is 12.1 Å². The number of carbonyl (C=O) groups excluding carboxylic acids is 1. The number of nitrogens with one attached hydrogen (secondary N) is 1. The first kappa shape index (κ1) is 16.4. The molecule has 2 atom stereocenters. The number of hydrogen-bond acceptors (Lipinski definition) is 4. The maximum absolute atomic E-state index is 13.0. The Labute approximate surface area is 136 Å². The fraction of sp³-hybridized carbons (Fsp3) is 0.588. The molecule has 0 bridgehead atoms. The predicted octanol–water partition coefficient (Wildman–Crippen LogP) is 1.20. The van der Waals surface area contributed by atoms with E-state index in [2.05, 4.69) is 10.2 Å². The third kappa shape index (κ3) is 4.07. The number of halogens is 1. The molecule has 126 valence electrons. The maximum atomic E-state index is 13.0. The number of likely N-dealkylation sites (tertiary alicyclic amines) is 1. The average Bonchev–Trinajstić information content (AvgIpc) is 3.08. The summed E-state index contributed by atoms with van der Waals surface area (Å²) < 4.78 is 18.5. The molecular formula is C17H24FN3O2. The Bertz CT molecular complexity index is 523. The summed E-state index contributed by atoms with van der Waals surface area (Å²) in [7, 11) is 0. The average molecular weight is 321 g/mol. The quantitative estimate of drug-likeness (QED) is 0.855. The predicted molar refractivity (Wildman–Crippen MR) is 85.3 cm³/mol. The summed E-state index contributed by atoms with van der Waals surface area (Å²) >= 11 is 0. The highest BCUT2D eigenvalue weighted by Crippen LogP contribution is 2.21. The van der Waals surface area contributed by atoms with E-state index in [9.17, 15) is 9.18 Å². The third-order valence-corrected chi connectivity index (χ3v) is 4.84. The Morgan fingerprint density at radius 2 is 1.96 bits per heavy atom. The van der Waals surface area contributed by atoms with Crippen LogP contribution in [0.3, 0.4) is 0 Å². The van der Waals surface area contributed by atoms with Crippen LogP contribution in [0.1, 0.15) is 30.9 Å². The summed E-state index contributed by atoms with van der Waals surface area (Å²) in [4.78, 5) is 14.2. The van der Waals surface area contributed by atoms with Crippen molar-refractivity contribution < 1.29 is 13.9 Å². The van der Waals surface area contributed by atoms with Gasteiger partial charge in [0, 0.05) is 31.8 Å². The lowest BCUT2D eigenvalue weighted by molar-refractivity contribution is -0.120. The van der Waals surface area contributed by atoms with Gasteiger partial charge in [-0.2, -0.15) is 0 Å². The van der Waals surface area contributed by atoms with Crippen LogP contribution < -0.4 is 11.1 Å². The van der Waals surface area contributed by atoms with Crippen molar-refractivity contribution in [2.75, 3.05) is 26.3 Å². The van der Waals surface area contributed by atoms with Crippen LogP contribution in [0.5, 0.6) is 0 Å². The zero-order valence-electron chi connectivity index (χ0n) is 13.2. The largest absolute Gasteiger partial charge is 0.380 e. The van der Waals surface area contributed by atoms with E-state index < -0.39 is 11.9 Å². The molecule has 3 N–H and O–H groups in total.